The monoisotopic (exact) mass is 340 g/mol. The number of hydrogen-bond acceptors (Lipinski definition) is 3. The minimum atomic E-state index is -0.606. The molecule has 0 aliphatic heterocycles. The Balaban J connectivity index is 1.91. The summed E-state index contributed by atoms with van der Waals surface area (Å²) in [5.41, 5.74) is 2.94. The van der Waals surface area contributed by atoms with Crippen molar-refractivity contribution < 1.29 is 14.8 Å². The minimum Gasteiger partial charge on any atom is -0.322 e. The van der Waals surface area contributed by atoms with E-state index < -0.39 is 5.91 Å². The lowest BCUT2D eigenvalue weighted by Gasteiger charge is -2.07. The van der Waals surface area contributed by atoms with Gasteiger partial charge in [-0.3, -0.25) is 14.8 Å². The minimum absolute atomic E-state index is 0.281. The number of benzene rings is 3. The topological polar surface area (TPSA) is 78.4 Å². The van der Waals surface area contributed by atoms with Crippen LogP contribution in [0.2, 0.25) is 5.02 Å². The summed E-state index contributed by atoms with van der Waals surface area (Å²) in [5.74, 6) is -0.887. The van der Waals surface area contributed by atoms with Crippen molar-refractivity contribution >= 4 is 39.9 Å². The maximum Gasteiger partial charge on any atom is 0.274 e. The Morgan fingerprint density at radius 1 is 0.833 bits per heavy atom. The van der Waals surface area contributed by atoms with Crippen molar-refractivity contribution in [2.24, 2.45) is 0 Å². The molecule has 0 unspecified atom stereocenters. The molecule has 0 saturated carbocycles. The molecule has 3 aromatic rings. The fraction of sp³-hybridized carbons (Fsp3) is 0. The second kappa shape index (κ2) is 6.70. The largest absolute Gasteiger partial charge is 0.322 e. The highest BCUT2D eigenvalue weighted by molar-refractivity contribution is 6.31. The van der Waals surface area contributed by atoms with Gasteiger partial charge in [0.1, 0.15) is 0 Å². The molecule has 3 N–H and O–H groups in total. The summed E-state index contributed by atoms with van der Waals surface area (Å²) in [5, 5.41) is 13.6. The van der Waals surface area contributed by atoms with E-state index in [1.807, 2.05) is 0 Å². The van der Waals surface area contributed by atoms with Gasteiger partial charge in [0.05, 0.1) is 0 Å². The van der Waals surface area contributed by atoms with Gasteiger partial charge in [-0.25, -0.2) is 5.48 Å². The molecule has 0 bridgehead atoms. The van der Waals surface area contributed by atoms with Crippen molar-refractivity contribution in [2.75, 3.05) is 5.32 Å². The molecule has 3 rings (SSSR count). The van der Waals surface area contributed by atoms with Crippen LogP contribution in [0.1, 0.15) is 20.7 Å². The Morgan fingerprint density at radius 3 is 2.12 bits per heavy atom. The molecule has 0 saturated heterocycles. The predicted molar refractivity (Wildman–Crippen MR) is 92.6 cm³/mol. The lowest BCUT2D eigenvalue weighted by molar-refractivity contribution is 0.0706. The molecule has 3 aromatic carbocycles. The molecule has 0 aliphatic carbocycles. The van der Waals surface area contributed by atoms with E-state index in [1.54, 1.807) is 66.1 Å². The van der Waals surface area contributed by atoms with E-state index in [4.69, 9.17) is 16.8 Å². The van der Waals surface area contributed by atoms with Crippen LogP contribution in [-0.2, 0) is 0 Å². The van der Waals surface area contributed by atoms with Gasteiger partial charge in [0.2, 0.25) is 0 Å². The molecular weight excluding hydrogens is 328 g/mol. The standard InChI is InChI=1S/C18H13ClN2O3/c19-15-2-1-3-16(10-15)20-17(22)12-6-4-11-5-7-13(18(23)21-24)9-14(11)8-12/h1-10,24H,(H,20,22)(H,21,23). The molecule has 5 nitrogen and oxygen atoms in total. The third-order valence-corrected chi connectivity index (χ3v) is 3.78. The highest BCUT2D eigenvalue weighted by Crippen LogP contribution is 2.20. The van der Waals surface area contributed by atoms with Crippen LogP contribution >= 0.6 is 11.6 Å². The zero-order chi connectivity index (χ0) is 17.1. The Morgan fingerprint density at radius 2 is 1.50 bits per heavy atom. The third-order valence-electron chi connectivity index (χ3n) is 3.55. The number of carbonyl (C=O) groups is 2. The van der Waals surface area contributed by atoms with Gasteiger partial charge in [0.15, 0.2) is 0 Å². The average molecular weight is 341 g/mol. The first-order chi connectivity index (χ1) is 11.6. The third kappa shape index (κ3) is 3.37. The number of hydrogen-bond donors (Lipinski definition) is 3. The lowest BCUT2D eigenvalue weighted by Crippen LogP contribution is -2.18. The van der Waals surface area contributed by atoms with E-state index >= 15 is 0 Å². The number of amides is 2. The SMILES string of the molecule is O=C(NO)c1ccc2ccc(C(=O)Nc3cccc(Cl)c3)cc2c1. The van der Waals surface area contributed by atoms with Gasteiger partial charge in [0, 0.05) is 21.8 Å². The first-order valence-corrected chi connectivity index (χ1v) is 7.50. The van der Waals surface area contributed by atoms with E-state index in [-0.39, 0.29) is 5.91 Å². The summed E-state index contributed by atoms with van der Waals surface area (Å²) < 4.78 is 0. The number of rotatable bonds is 3. The molecule has 120 valence electrons. The smallest absolute Gasteiger partial charge is 0.274 e. The molecule has 0 radical (unpaired) electrons. The van der Waals surface area contributed by atoms with E-state index in [0.717, 1.165) is 10.8 Å². The fourth-order valence-electron chi connectivity index (χ4n) is 2.36. The zero-order valence-corrected chi connectivity index (χ0v) is 13.2. The van der Waals surface area contributed by atoms with Crippen LogP contribution in [0.3, 0.4) is 0 Å². The van der Waals surface area contributed by atoms with E-state index in [1.165, 1.54) is 0 Å². The van der Waals surface area contributed by atoms with Gasteiger partial charge in [-0.2, -0.15) is 0 Å². The summed E-state index contributed by atoms with van der Waals surface area (Å²) >= 11 is 5.90. The maximum atomic E-state index is 12.4. The van der Waals surface area contributed by atoms with Crippen LogP contribution in [0.25, 0.3) is 10.8 Å². The van der Waals surface area contributed by atoms with Gasteiger partial charge in [-0.1, -0.05) is 29.8 Å². The van der Waals surface area contributed by atoms with Crippen molar-refractivity contribution in [3.05, 3.63) is 76.8 Å². The van der Waals surface area contributed by atoms with Gasteiger partial charge in [-0.15, -0.1) is 0 Å². The molecule has 2 amide bonds. The van der Waals surface area contributed by atoms with Gasteiger partial charge in [-0.05, 0) is 53.2 Å². The van der Waals surface area contributed by atoms with E-state index in [9.17, 15) is 9.59 Å². The summed E-state index contributed by atoms with van der Waals surface area (Å²) in [7, 11) is 0. The van der Waals surface area contributed by atoms with Crippen LogP contribution < -0.4 is 10.8 Å². The van der Waals surface area contributed by atoms with Crippen LogP contribution in [0.15, 0.2) is 60.7 Å². The van der Waals surface area contributed by atoms with Crippen LogP contribution in [-0.4, -0.2) is 17.0 Å². The molecule has 0 atom stereocenters. The quantitative estimate of drug-likeness (QED) is 0.500. The van der Waals surface area contributed by atoms with Crippen molar-refractivity contribution in [1.82, 2.24) is 5.48 Å². The van der Waals surface area contributed by atoms with Crippen LogP contribution in [0, 0.1) is 0 Å². The molecule has 0 spiro atoms. The van der Waals surface area contributed by atoms with Gasteiger partial charge in [0.25, 0.3) is 11.8 Å². The molecular formula is C18H13ClN2O3. The first-order valence-electron chi connectivity index (χ1n) is 7.12. The summed E-state index contributed by atoms with van der Waals surface area (Å²) in [6.45, 7) is 0. The molecule has 24 heavy (non-hydrogen) atoms. The van der Waals surface area contributed by atoms with E-state index in [0.29, 0.717) is 21.8 Å². The van der Waals surface area contributed by atoms with Crippen molar-refractivity contribution in [3.63, 3.8) is 0 Å². The summed E-state index contributed by atoms with van der Waals surface area (Å²) in [6.07, 6.45) is 0. The number of anilines is 1. The average Bonchev–Trinajstić information content (AvgIpc) is 2.60. The first kappa shape index (κ1) is 16.0. The molecule has 6 heteroatoms. The summed E-state index contributed by atoms with van der Waals surface area (Å²) in [6, 6.07) is 17.0. The normalized spacial score (nSPS) is 10.4. The highest BCUT2D eigenvalue weighted by atomic mass is 35.5. The van der Waals surface area contributed by atoms with Crippen molar-refractivity contribution in [1.29, 1.82) is 0 Å². The number of halogens is 1. The van der Waals surface area contributed by atoms with Crippen LogP contribution in [0.4, 0.5) is 5.69 Å². The zero-order valence-electron chi connectivity index (χ0n) is 12.4. The molecule has 0 heterocycles. The van der Waals surface area contributed by atoms with Gasteiger partial charge < -0.3 is 5.32 Å². The van der Waals surface area contributed by atoms with Gasteiger partial charge >= 0.3 is 0 Å². The predicted octanol–water partition coefficient (Wildman–Crippen LogP) is 3.86. The van der Waals surface area contributed by atoms with Crippen molar-refractivity contribution in [3.8, 4) is 0 Å². The molecule has 0 aliphatic rings. The number of hydroxylamine groups is 1. The molecule has 0 fully saturated rings. The number of nitrogens with one attached hydrogen (secondary N) is 2. The second-order valence-corrected chi connectivity index (χ2v) is 5.62. The Hall–Kier alpha value is -2.89. The van der Waals surface area contributed by atoms with E-state index in [2.05, 4.69) is 5.32 Å². The number of fused-ring (bicyclic) bond motifs is 1. The highest BCUT2D eigenvalue weighted by Gasteiger charge is 2.09. The molecule has 0 aromatic heterocycles. The fourth-order valence-corrected chi connectivity index (χ4v) is 2.55. The number of carbonyl (C=O) groups excluding carboxylic acids is 2. The maximum absolute atomic E-state index is 12.4. The summed E-state index contributed by atoms with van der Waals surface area (Å²) in [4.78, 5) is 23.9. The lowest BCUT2D eigenvalue weighted by atomic mass is 10.0. The Labute approximate surface area is 142 Å². The Kier molecular flexibility index (Phi) is 4.46. The van der Waals surface area contributed by atoms with Crippen molar-refractivity contribution in [2.45, 2.75) is 0 Å². The van der Waals surface area contributed by atoms with Crippen LogP contribution in [0.5, 0.6) is 0 Å². The second-order valence-electron chi connectivity index (χ2n) is 5.18. The Bertz CT molecular complexity index is 940.